The van der Waals surface area contributed by atoms with Crippen molar-refractivity contribution in [3.63, 3.8) is 0 Å². The lowest BCUT2D eigenvalue weighted by Crippen LogP contribution is -2.47. The van der Waals surface area contributed by atoms with E-state index >= 15 is 0 Å². The quantitative estimate of drug-likeness (QED) is 0.881. The summed E-state index contributed by atoms with van der Waals surface area (Å²) in [6, 6.07) is 1.58. The van der Waals surface area contributed by atoms with Gasteiger partial charge in [-0.25, -0.2) is 9.59 Å². The summed E-state index contributed by atoms with van der Waals surface area (Å²) < 4.78 is 1.04. The molecule has 118 valence electrons. The monoisotopic (exact) mass is 316 g/mol. The molecule has 7 nitrogen and oxygen atoms in total. The summed E-state index contributed by atoms with van der Waals surface area (Å²) in [7, 11) is 0. The smallest absolute Gasteiger partial charge is 0.356 e. The number of carboxylic acids is 1. The zero-order chi connectivity index (χ0) is 14.7. The molecule has 0 spiro atoms. The minimum absolute atomic E-state index is 0. The maximum atomic E-state index is 11.9. The first-order valence-corrected chi connectivity index (χ1v) is 6.81. The molecule has 2 heterocycles. The first kappa shape index (κ1) is 17.5. The average molecular weight is 317 g/mol. The first-order valence-electron chi connectivity index (χ1n) is 6.81. The number of carboxylic acid groups (broad SMARTS) is 1. The van der Waals surface area contributed by atoms with E-state index in [-0.39, 0.29) is 30.2 Å². The SMILES string of the molecule is CC(C)N1CCC(NC(=O)n2ccc(C(=O)O)n2)CC1.Cl. The first-order chi connectivity index (χ1) is 9.47. The van der Waals surface area contributed by atoms with Crippen molar-refractivity contribution < 1.29 is 14.7 Å². The molecule has 1 aliphatic heterocycles. The van der Waals surface area contributed by atoms with E-state index in [0.29, 0.717) is 6.04 Å². The normalized spacial score (nSPS) is 16.5. The molecule has 8 heteroatoms. The molecular weight excluding hydrogens is 296 g/mol. The topological polar surface area (TPSA) is 87.5 Å². The highest BCUT2D eigenvalue weighted by molar-refractivity contribution is 5.86. The second-order valence-electron chi connectivity index (χ2n) is 5.30. The van der Waals surface area contributed by atoms with Crippen LogP contribution in [0.2, 0.25) is 0 Å². The van der Waals surface area contributed by atoms with Crippen LogP contribution in [0.4, 0.5) is 4.79 Å². The van der Waals surface area contributed by atoms with Crippen LogP contribution in [0.25, 0.3) is 0 Å². The molecule has 1 amide bonds. The van der Waals surface area contributed by atoms with Crippen molar-refractivity contribution in [1.29, 1.82) is 0 Å². The maximum absolute atomic E-state index is 11.9. The summed E-state index contributed by atoms with van der Waals surface area (Å²) in [4.78, 5) is 25.0. The zero-order valence-electron chi connectivity index (χ0n) is 12.2. The second kappa shape index (κ2) is 7.42. The van der Waals surface area contributed by atoms with Gasteiger partial charge in [0.2, 0.25) is 0 Å². The fourth-order valence-corrected chi connectivity index (χ4v) is 2.35. The summed E-state index contributed by atoms with van der Waals surface area (Å²) >= 11 is 0. The van der Waals surface area contributed by atoms with Crippen LogP contribution < -0.4 is 5.32 Å². The molecule has 0 bridgehead atoms. The van der Waals surface area contributed by atoms with E-state index < -0.39 is 5.97 Å². The van der Waals surface area contributed by atoms with Crippen molar-refractivity contribution in [2.75, 3.05) is 13.1 Å². The van der Waals surface area contributed by atoms with Crippen molar-refractivity contribution in [2.24, 2.45) is 0 Å². The third-order valence-corrected chi connectivity index (χ3v) is 3.60. The largest absolute Gasteiger partial charge is 0.476 e. The molecule has 2 N–H and O–H groups in total. The molecule has 1 aromatic rings. The van der Waals surface area contributed by atoms with Crippen LogP contribution in [0, 0.1) is 0 Å². The van der Waals surface area contributed by atoms with E-state index in [0.717, 1.165) is 30.6 Å². The molecule has 0 aromatic carbocycles. The molecule has 1 saturated heterocycles. The van der Waals surface area contributed by atoms with Crippen molar-refractivity contribution >= 4 is 24.4 Å². The number of piperidine rings is 1. The standard InChI is InChI=1S/C13H20N4O3.ClH/c1-9(2)16-6-3-10(4-7-16)14-13(20)17-8-5-11(15-17)12(18)19;/h5,8-10H,3-4,6-7H2,1-2H3,(H,14,20)(H,18,19);1H. The van der Waals surface area contributed by atoms with E-state index in [9.17, 15) is 9.59 Å². The Hall–Kier alpha value is -1.60. The van der Waals surface area contributed by atoms with Crippen molar-refractivity contribution in [3.8, 4) is 0 Å². The molecule has 0 aliphatic carbocycles. The minimum atomic E-state index is -1.14. The lowest BCUT2D eigenvalue weighted by Gasteiger charge is -2.34. The molecule has 0 saturated carbocycles. The molecule has 0 atom stereocenters. The Balaban J connectivity index is 0.00000220. The van der Waals surface area contributed by atoms with Crippen LogP contribution in [0.3, 0.4) is 0 Å². The van der Waals surface area contributed by atoms with Gasteiger partial charge in [-0.15, -0.1) is 12.4 Å². The van der Waals surface area contributed by atoms with Gasteiger partial charge in [0.25, 0.3) is 0 Å². The molecule has 2 rings (SSSR count). The van der Waals surface area contributed by atoms with Crippen LogP contribution in [0.15, 0.2) is 12.3 Å². The van der Waals surface area contributed by atoms with E-state index in [4.69, 9.17) is 5.11 Å². The number of aromatic carboxylic acids is 1. The fourth-order valence-electron chi connectivity index (χ4n) is 2.35. The van der Waals surface area contributed by atoms with Crippen molar-refractivity contribution in [1.82, 2.24) is 20.0 Å². The van der Waals surface area contributed by atoms with Gasteiger partial charge < -0.3 is 15.3 Å². The molecule has 21 heavy (non-hydrogen) atoms. The predicted octanol–water partition coefficient (Wildman–Crippen LogP) is 1.43. The van der Waals surface area contributed by atoms with Gasteiger partial charge in [-0.3, -0.25) is 0 Å². The molecule has 0 unspecified atom stereocenters. The van der Waals surface area contributed by atoms with E-state index in [1.807, 2.05) is 0 Å². The Kier molecular flexibility index (Phi) is 6.17. The van der Waals surface area contributed by atoms with Crippen LogP contribution >= 0.6 is 12.4 Å². The predicted molar refractivity (Wildman–Crippen MR) is 80.1 cm³/mol. The van der Waals surface area contributed by atoms with Gasteiger partial charge in [-0.1, -0.05) is 0 Å². The summed E-state index contributed by atoms with van der Waals surface area (Å²) in [6.07, 6.45) is 3.16. The number of carbonyl (C=O) groups is 2. The fraction of sp³-hybridized carbons (Fsp3) is 0.615. The van der Waals surface area contributed by atoms with Crippen LogP contribution in [0.1, 0.15) is 37.2 Å². The molecule has 0 radical (unpaired) electrons. The zero-order valence-corrected chi connectivity index (χ0v) is 13.0. The Morgan fingerprint density at radius 1 is 1.38 bits per heavy atom. The number of nitrogens with one attached hydrogen (secondary N) is 1. The maximum Gasteiger partial charge on any atom is 0.356 e. The molecule has 1 aliphatic rings. The third-order valence-electron chi connectivity index (χ3n) is 3.60. The Labute approximate surface area is 129 Å². The van der Waals surface area contributed by atoms with Gasteiger partial charge in [0.15, 0.2) is 5.69 Å². The second-order valence-corrected chi connectivity index (χ2v) is 5.30. The number of aromatic nitrogens is 2. The summed E-state index contributed by atoms with van der Waals surface area (Å²) in [6.45, 7) is 6.25. The van der Waals surface area contributed by atoms with Gasteiger partial charge in [-0.05, 0) is 32.8 Å². The Morgan fingerprint density at radius 2 is 2.00 bits per heavy atom. The highest BCUT2D eigenvalue weighted by Gasteiger charge is 2.22. The number of nitrogens with zero attached hydrogens (tertiary/aromatic N) is 3. The minimum Gasteiger partial charge on any atom is -0.476 e. The number of halogens is 1. The van der Waals surface area contributed by atoms with Gasteiger partial charge >= 0.3 is 12.0 Å². The van der Waals surface area contributed by atoms with E-state index in [1.165, 1.54) is 12.3 Å². The molecule has 1 fully saturated rings. The van der Waals surface area contributed by atoms with Gasteiger partial charge in [0, 0.05) is 31.4 Å². The van der Waals surface area contributed by atoms with Gasteiger partial charge in [0.05, 0.1) is 0 Å². The van der Waals surface area contributed by atoms with Crippen LogP contribution in [0.5, 0.6) is 0 Å². The average Bonchev–Trinajstić information content (AvgIpc) is 2.89. The number of likely N-dealkylation sites (tertiary alicyclic amines) is 1. The van der Waals surface area contributed by atoms with Crippen LogP contribution in [-0.4, -0.2) is 57.0 Å². The number of rotatable bonds is 3. The number of amides is 1. The van der Waals surface area contributed by atoms with E-state index in [1.54, 1.807) is 0 Å². The Bertz CT molecular complexity index is 495. The van der Waals surface area contributed by atoms with Gasteiger partial charge in [-0.2, -0.15) is 9.78 Å². The van der Waals surface area contributed by atoms with E-state index in [2.05, 4.69) is 29.2 Å². The highest BCUT2D eigenvalue weighted by atomic mass is 35.5. The van der Waals surface area contributed by atoms with Crippen molar-refractivity contribution in [2.45, 2.75) is 38.8 Å². The highest BCUT2D eigenvalue weighted by Crippen LogP contribution is 2.13. The summed E-state index contributed by atoms with van der Waals surface area (Å²) in [5.74, 6) is -1.14. The van der Waals surface area contributed by atoms with Gasteiger partial charge in [0.1, 0.15) is 0 Å². The lowest BCUT2D eigenvalue weighted by atomic mass is 10.0. The summed E-state index contributed by atoms with van der Waals surface area (Å²) in [5.41, 5.74) is -0.130. The van der Waals surface area contributed by atoms with Crippen LogP contribution in [-0.2, 0) is 0 Å². The van der Waals surface area contributed by atoms with Crippen molar-refractivity contribution in [3.05, 3.63) is 18.0 Å². The Morgan fingerprint density at radius 3 is 2.48 bits per heavy atom. The number of hydrogen-bond donors (Lipinski definition) is 2. The summed E-state index contributed by atoms with van der Waals surface area (Å²) in [5, 5.41) is 15.4. The third kappa shape index (κ3) is 4.44. The molecule has 1 aromatic heterocycles. The number of hydrogen-bond acceptors (Lipinski definition) is 4. The lowest BCUT2D eigenvalue weighted by molar-refractivity contribution is 0.0690. The molecular formula is C13H21ClN4O3. The number of carbonyl (C=O) groups excluding carboxylic acids is 1.